The van der Waals surface area contributed by atoms with Crippen molar-refractivity contribution in [2.75, 3.05) is 38.3 Å². The van der Waals surface area contributed by atoms with Gasteiger partial charge < -0.3 is 15.5 Å². The summed E-state index contributed by atoms with van der Waals surface area (Å²) in [4.78, 5) is 38.2. The first-order chi connectivity index (χ1) is 12.8. The van der Waals surface area contributed by atoms with Gasteiger partial charge in [-0.1, -0.05) is 11.6 Å². The first-order valence-electron chi connectivity index (χ1n) is 8.40. The van der Waals surface area contributed by atoms with Crippen LogP contribution in [0.25, 0.3) is 0 Å². The van der Waals surface area contributed by atoms with Crippen LogP contribution >= 0.6 is 11.6 Å². The van der Waals surface area contributed by atoms with Gasteiger partial charge in [0.05, 0.1) is 19.3 Å². The average molecular weight is 431 g/mol. The fraction of sp³-hybridized carbons (Fsp3) is 0.471. The molecule has 1 aliphatic rings. The van der Waals surface area contributed by atoms with Crippen LogP contribution in [0, 0.1) is 6.92 Å². The van der Waals surface area contributed by atoms with E-state index in [1.165, 1.54) is 18.9 Å². The molecule has 28 heavy (non-hydrogen) atoms. The van der Waals surface area contributed by atoms with Crippen molar-refractivity contribution in [3.63, 3.8) is 0 Å². The maximum atomic E-state index is 12.7. The van der Waals surface area contributed by atoms with Crippen molar-refractivity contribution in [1.82, 2.24) is 14.5 Å². The van der Waals surface area contributed by atoms with E-state index in [9.17, 15) is 22.8 Å². The van der Waals surface area contributed by atoms with Crippen molar-refractivity contribution >= 4 is 45.0 Å². The van der Waals surface area contributed by atoms with Crippen molar-refractivity contribution in [2.45, 2.75) is 19.4 Å². The van der Waals surface area contributed by atoms with Crippen LogP contribution < -0.4 is 10.6 Å². The number of carbonyl (C=O) groups excluding carboxylic acids is 3. The molecule has 1 aliphatic heterocycles. The molecule has 0 spiro atoms. The second kappa shape index (κ2) is 8.06. The summed E-state index contributed by atoms with van der Waals surface area (Å²) in [6, 6.07) is 4.97. The molecular formula is C17H23ClN4O5S. The molecule has 154 valence electrons. The third-order valence-corrected chi connectivity index (χ3v) is 6.17. The summed E-state index contributed by atoms with van der Waals surface area (Å²) in [6.07, 6.45) is 0.978. The van der Waals surface area contributed by atoms with Gasteiger partial charge in [-0.3, -0.25) is 14.4 Å². The highest BCUT2D eigenvalue weighted by Crippen LogP contribution is 2.23. The molecule has 0 aromatic heterocycles. The van der Waals surface area contributed by atoms with Crippen LogP contribution in [0.5, 0.6) is 0 Å². The number of halogens is 1. The quantitative estimate of drug-likeness (QED) is 0.692. The van der Waals surface area contributed by atoms with Crippen LogP contribution in [0.4, 0.5) is 5.69 Å². The second-order valence-electron chi connectivity index (χ2n) is 6.95. The number of nitrogens with zero attached hydrogens (tertiary/aromatic N) is 2. The number of hydrogen-bond acceptors (Lipinski definition) is 5. The SMILES string of the molecule is Cc1cc(Cl)ccc1NC(=O)CNC(=O)[C@@]1(C)CN(S(C)(=O)=O)CC(=O)N1C. The average Bonchev–Trinajstić information content (AvgIpc) is 2.58. The van der Waals surface area contributed by atoms with Gasteiger partial charge in [-0.05, 0) is 37.6 Å². The normalized spacial score (nSPS) is 20.8. The Balaban J connectivity index is 2.05. The van der Waals surface area contributed by atoms with E-state index in [4.69, 9.17) is 11.6 Å². The largest absolute Gasteiger partial charge is 0.345 e. The number of carbonyl (C=O) groups is 3. The Bertz CT molecular complexity index is 920. The lowest BCUT2D eigenvalue weighted by Gasteiger charge is -2.44. The number of sulfonamides is 1. The molecular weight excluding hydrogens is 408 g/mol. The Morgan fingerprint density at radius 2 is 1.96 bits per heavy atom. The van der Waals surface area contributed by atoms with E-state index in [-0.39, 0.29) is 19.6 Å². The number of likely N-dealkylation sites (N-methyl/N-ethyl adjacent to an activating group) is 1. The molecule has 2 rings (SSSR count). The molecule has 0 bridgehead atoms. The number of aryl methyl sites for hydroxylation is 1. The first-order valence-corrected chi connectivity index (χ1v) is 10.6. The molecule has 1 heterocycles. The van der Waals surface area contributed by atoms with Crippen molar-refractivity contribution < 1.29 is 22.8 Å². The predicted octanol–water partition coefficient (Wildman–Crippen LogP) is 0.195. The molecule has 0 radical (unpaired) electrons. The highest BCUT2D eigenvalue weighted by Gasteiger charge is 2.47. The van der Waals surface area contributed by atoms with E-state index >= 15 is 0 Å². The molecule has 1 aromatic rings. The van der Waals surface area contributed by atoms with E-state index in [0.717, 1.165) is 16.1 Å². The summed E-state index contributed by atoms with van der Waals surface area (Å²) in [5, 5.41) is 5.68. The third-order valence-electron chi connectivity index (χ3n) is 4.74. The molecule has 0 aliphatic carbocycles. The van der Waals surface area contributed by atoms with Gasteiger partial charge in [0.1, 0.15) is 5.54 Å². The van der Waals surface area contributed by atoms with Gasteiger partial charge in [0.15, 0.2) is 0 Å². The van der Waals surface area contributed by atoms with Gasteiger partial charge in [0.2, 0.25) is 27.7 Å². The fourth-order valence-electron chi connectivity index (χ4n) is 2.81. The number of amides is 3. The van der Waals surface area contributed by atoms with E-state index < -0.39 is 33.3 Å². The number of hydrogen-bond donors (Lipinski definition) is 2. The molecule has 3 amide bonds. The summed E-state index contributed by atoms with van der Waals surface area (Å²) >= 11 is 5.88. The third kappa shape index (κ3) is 4.81. The highest BCUT2D eigenvalue weighted by molar-refractivity contribution is 7.88. The number of rotatable bonds is 5. The molecule has 11 heteroatoms. The maximum absolute atomic E-state index is 12.7. The van der Waals surface area contributed by atoms with Gasteiger partial charge in [0.25, 0.3) is 0 Å². The zero-order valence-corrected chi connectivity index (χ0v) is 17.6. The van der Waals surface area contributed by atoms with Crippen molar-refractivity contribution in [2.24, 2.45) is 0 Å². The minimum absolute atomic E-state index is 0.197. The monoisotopic (exact) mass is 430 g/mol. The molecule has 1 fully saturated rings. The minimum atomic E-state index is -3.65. The standard InChI is InChI=1S/C17H23ClN4O5S/c1-11-7-12(18)5-6-13(11)20-14(23)8-19-16(25)17(2)10-22(28(4,26)27)9-15(24)21(17)3/h5-7H,8-10H2,1-4H3,(H,19,25)(H,20,23)/t17-/m1/s1. The summed E-state index contributed by atoms with van der Waals surface area (Å²) in [5.41, 5.74) is -0.113. The summed E-state index contributed by atoms with van der Waals surface area (Å²) in [7, 11) is -2.22. The second-order valence-corrected chi connectivity index (χ2v) is 9.37. The Labute approximate surface area is 169 Å². The minimum Gasteiger partial charge on any atom is -0.345 e. The Morgan fingerprint density at radius 1 is 1.32 bits per heavy atom. The zero-order valence-electron chi connectivity index (χ0n) is 16.1. The first kappa shape index (κ1) is 22.1. The van der Waals surface area contributed by atoms with Gasteiger partial charge in [-0.2, -0.15) is 4.31 Å². The number of nitrogens with one attached hydrogen (secondary N) is 2. The van der Waals surface area contributed by atoms with Gasteiger partial charge in [-0.25, -0.2) is 8.42 Å². The molecule has 0 saturated carbocycles. The van der Waals surface area contributed by atoms with Crippen LogP contribution in [0.3, 0.4) is 0 Å². The Hall–Kier alpha value is -2.17. The Morgan fingerprint density at radius 3 is 2.54 bits per heavy atom. The van der Waals surface area contributed by atoms with Crippen LogP contribution in [-0.2, 0) is 24.4 Å². The van der Waals surface area contributed by atoms with Crippen LogP contribution in [-0.4, -0.2) is 73.8 Å². The summed E-state index contributed by atoms with van der Waals surface area (Å²) in [6.45, 7) is 2.38. The maximum Gasteiger partial charge on any atom is 0.247 e. The summed E-state index contributed by atoms with van der Waals surface area (Å²) in [5.74, 6) is -1.60. The van der Waals surface area contributed by atoms with Crippen molar-refractivity contribution in [1.29, 1.82) is 0 Å². The molecule has 1 saturated heterocycles. The smallest absolute Gasteiger partial charge is 0.247 e. The lowest BCUT2D eigenvalue weighted by atomic mass is 9.96. The van der Waals surface area contributed by atoms with Crippen LogP contribution in [0.1, 0.15) is 12.5 Å². The topological polar surface area (TPSA) is 116 Å². The molecule has 1 atom stereocenters. The van der Waals surface area contributed by atoms with Gasteiger partial charge in [0, 0.05) is 24.3 Å². The van der Waals surface area contributed by atoms with E-state index in [0.29, 0.717) is 10.7 Å². The molecule has 1 aromatic carbocycles. The van der Waals surface area contributed by atoms with E-state index in [1.807, 2.05) is 0 Å². The van der Waals surface area contributed by atoms with E-state index in [1.54, 1.807) is 25.1 Å². The van der Waals surface area contributed by atoms with Crippen LogP contribution in [0.2, 0.25) is 5.02 Å². The predicted molar refractivity (Wildman–Crippen MR) is 105 cm³/mol. The molecule has 2 N–H and O–H groups in total. The number of piperazine rings is 1. The fourth-order valence-corrected chi connectivity index (χ4v) is 3.87. The number of benzene rings is 1. The van der Waals surface area contributed by atoms with Gasteiger partial charge in [-0.15, -0.1) is 0 Å². The zero-order chi connectivity index (χ0) is 21.3. The number of anilines is 1. The molecule has 0 unspecified atom stereocenters. The lowest BCUT2D eigenvalue weighted by molar-refractivity contribution is -0.150. The molecule has 9 nitrogen and oxygen atoms in total. The Kier molecular flexibility index (Phi) is 6.37. The van der Waals surface area contributed by atoms with Crippen LogP contribution in [0.15, 0.2) is 18.2 Å². The van der Waals surface area contributed by atoms with Crippen molar-refractivity contribution in [3.8, 4) is 0 Å². The van der Waals surface area contributed by atoms with Crippen molar-refractivity contribution in [3.05, 3.63) is 28.8 Å². The van der Waals surface area contributed by atoms with E-state index in [2.05, 4.69) is 10.6 Å². The summed E-state index contributed by atoms with van der Waals surface area (Å²) < 4.78 is 24.6. The van der Waals surface area contributed by atoms with Gasteiger partial charge >= 0.3 is 0 Å². The lowest BCUT2D eigenvalue weighted by Crippen LogP contribution is -2.68. The highest BCUT2D eigenvalue weighted by atomic mass is 35.5.